The first kappa shape index (κ1) is 32.7. The fourth-order valence-corrected chi connectivity index (χ4v) is 7.60. The molecule has 0 radical (unpaired) electrons. The summed E-state index contributed by atoms with van der Waals surface area (Å²) in [5.41, 5.74) is 0.108. The third-order valence-electron chi connectivity index (χ3n) is 8.85. The molecule has 42 heavy (non-hydrogen) atoms. The molecule has 0 bridgehead atoms. The summed E-state index contributed by atoms with van der Waals surface area (Å²) in [7, 11) is -8.30. The van der Waals surface area contributed by atoms with Gasteiger partial charge in [0.2, 0.25) is 0 Å². The maximum atomic E-state index is 15.6. The number of rotatable bonds is 9. The van der Waals surface area contributed by atoms with Crippen LogP contribution in [0.15, 0.2) is 41.6 Å². The SMILES string of the molecule is CC(C)(C)[Si](C)(C)OC[C@H]1O[C@@H](n2c(F)nc3c(NS(=O)(=O)c4ccccc4)ncnc32)C[C@@H]1O[Si](C)(C)C(C)(C)C. The first-order chi connectivity index (χ1) is 19.2. The molecule has 0 spiro atoms. The second-order valence-corrected chi connectivity index (χ2v) is 25.2. The Kier molecular flexibility index (Phi) is 8.84. The highest BCUT2D eigenvalue weighted by Gasteiger charge is 2.47. The van der Waals surface area contributed by atoms with Crippen molar-refractivity contribution in [1.29, 1.82) is 0 Å². The number of halogens is 1. The lowest BCUT2D eigenvalue weighted by molar-refractivity contribution is -0.0418. The van der Waals surface area contributed by atoms with Gasteiger partial charge in [-0.1, -0.05) is 59.7 Å². The Hall–Kier alpha value is -2.24. The Morgan fingerprint density at radius 2 is 1.64 bits per heavy atom. The standard InChI is InChI=1S/C28H44FN5O5SSi2/c1-27(2,3)41(7,8)37-17-21-20(39-42(9,10)28(4,5)6)16-22(38-21)34-25-23(32-26(34)29)24(30-18-31-25)33-40(35,36)19-14-12-11-13-15-19/h11-15,18,20-22H,16-17H2,1-10H3,(H,30,31,33)/t20-,21+,22+/m0/s1. The van der Waals surface area contributed by atoms with Crippen LogP contribution in [0, 0.1) is 6.08 Å². The molecule has 14 heteroatoms. The molecule has 3 atom stereocenters. The smallest absolute Gasteiger partial charge is 0.293 e. The molecule has 1 aromatic carbocycles. The molecule has 0 aliphatic carbocycles. The Labute approximate surface area is 250 Å². The van der Waals surface area contributed by atoms with Gasteiger partial charge in [0.15, 0.2) is 33.6 Å². The van der Waals surface area contributed by atoms with Gasteiger partial charge in [-0.05, 0) is 48.4 Å². The lowest BCUT2D eigenvalue weighted by atomic mass is 10.2. The lowest BCUT2D eigenvalue weighted by Gasteiger charge is -2.40. The van der Waals surface area contributed by atoms with Crippen molar-refractivity contribution in [2.24, 2.45) is 0 Å². The van der Waals surface area contributed by atoms with Crippen LogP contribution in [0.2, 0.25) is 36.3 Å². The minimum absolute atomic E-state index is 0.00779. The van der Waals surface area contributed by atoms with Crippen LogP contribution in [0.1, 0.15) is 54.2 Å². The van der Waals surface area contributed by atoms with Crippen LogP contribution in [0.4, 0.5) is 10.2 Å². The first-order valence-electron chi connectivity index (χ1n) is 14.2. The summed E-state index contributed by atoms with van der Waals surface area (Å²) in [6, 6.07) is 7.86. The summed E-state index contributed by atoms with van der Waals surface area (Å²) in [6.45, 7) is 22.1. The van der Waals surface area contributed by atoms with Gasteiger partial charge in [-0.3, -0.25) is 9.29 Å². The third kappa shape index (κ3) is 6.63. The predicted molar refractivity (Wildman–Crippen MR) is 166 cm³/mol. The molecule has 232 valence electrons. The first-order valence-corrected chi connectivity index (χ1v) is 21.5. The number of ether oxygens (including phenoxy) is 1. The topological polar surface area (TPSA) is 117 Å². The molecule has 1 N–H and O–H groups in total. The van der Waals surface area contributed by atoms with E-state index in [1.807, 2.05) is 0 Å². The van der Waals surface area contributed by atoms with Crippen LogP contribution in [0.5, 0.6) is 0 Å². The zero-order valence-corrected chi connectivity index (χ0v) is 29.0. The highest BCUT2D eigenvalue weighted by molar-refractivity contribution is 7.92. The van der Waals surface area contributed by atoms with Crippen molar-refractivity contribution in [2.45, 2.75) is 108 Å². The quantitative estimate of drug-likeness (QED) is 0.210. The Morgan fingerprint density at radius 1 is 1.02 bits per heavy atom. The van der Waals surface area contributed by atoms with E-state index in [0.29, 0.717) is 13.0 Å². The van der Waals surface area contributed by atoms with Gasteiger partial charge in [0.05, 0.1) is 17.6 Å². The second kappa shape index (κ2) is 11.4. The average molecular weight is 638 g/mol. The number of sulfonamides is 1. The molecule has 1 fully saturated rings. The van der Waals surface area contributed by atoms with Gasteiger partial charge in [0.1, 0.15) is 18.7 Å². The lowest BCUT2D eigenvalue weighted by Crippen LogP contribution is -2.48. The molecule has 3 aromatic rings. The second-order valence-electron chi connectivity index (χ2n) is 13.9. The molecule has 1 aliphatic heterocycles. The minimum atomic E-state index is -3.98. The zero-order chi connectivity index (χ0) is 31.3. The molecule has 2 aromatic heterocycles. The molecule has 4 rings (SSSR count). The number of nitrogens with one attached hydrogen (secondary N) is 1. The highest BCUT2D eigenvalue weighted by Crippen LogP contribution is 2.43. The fraction of sp³-hybridized carbons (Fsp3) is 0.607. The number of hydrogen-bond acceptors (Lipinski definition) is 8. The van der Waals surface area contributed by atoms with Gasteiger partial charge in [-0.15, -0.1) is 0 Å². The summed E-state index contributed by atoms with van der Waals surface area (Å²) < 4.78 is 65.0. The van der Waals surface area contributed by atoms with E-state index in [2.05, 4.69) is 87.4 Å². The van der Waals surface area contributed by atoms with Gasteiger partial charge in [-0.2, -0.15) is 9.37 Å². The Morgan fingerprint density at radius 3 is 2.24 bits per heavy atom. The molecular weight excluding hydrogens is 594 g/mol. The van der Waals surface area contributed by atoms with Crippen molar-refractivity contribution in [1.82, 2.24) is 19.5 Å². The minimum Gasteiger partial charge on any atom is -0.414 e. The molecule has 0 unspecified atom stereocenters. The van der Waals surface area contributed by atoms with Gasteiger partial charge in [-0.25, -0.2) is 18.4 Å². The molecule has 3 heterocycles. The highest BCUT2D eigenvalue weighted by atomic mass is 32.2. The van der Waals surface area contributed by atoms with Gasteiger partial charge in [0, 0.05) is 6.42 Å². The van der Waals surface area contributed by atoms with Gasteiger partial charge in [0.25, 0.3) is 16.1 Å². The maximum absolute atomic E-state index is 15.6. The summed E-state index contributed by atoms with van der Waals surface area (Å²) >= 11 is 0. The third-order valence-corrected chi connectivity index (χ3v) is 19.2. The Bertz CT molecular complexity index is 1520. The fourth-order valence-electron chi connectivity index (χ4n) is 4.19. The number of imidazole rings is 1. The number of benzene rings is 1. The van der Waals surface area contributed by atoms with Crippen LogP contribution < -0.4 is 4.72 Å². The normalized spacial score (nSPS) is 20.8. The van der Waals surface area contributed by atoms with E-state index >= 15 is 4.39 Å². The molecule has 10 nitrogen and oxygen atoms in total. The number of aromatic nitrogens is 4. The molecular formula is C28H44FN5O5SSi2. The van der Waals surface area contributed by atoms with Crippen LogP contribution >= 0.6 is 0 Å². The van der Waals surface area contributed by atoms with Crippen molar-refractivity contribution in [3.63, 3.8) is 0 Å². The van der Waals surface area contributed by atoms with E-state index in [-0.39, 0.29) is 38.1 Å². The molecule has 1 aliphatic rings. The number of fused-ring (bicyclic) bond motifs is 1. The van der Waals surface area contributed by atoms with Crippen molar-refractivity contribution >= 4 is 43.6 Å². The van der Waals surface area contributed by atoms with Crippen LogP contribution in [0.25, 0.3) is 11.2 Å². The number of nitrogens with zero attached hydrogens (tertiary/aromatic N) is 4. The van der Waals surface area contributed by atoms with E-state index in [1.165, 1.54) is 23.0 Å². The van der Waals surface area contributed by atoms with E-state index in [1.54, 1.807) is 18.2 Å². The Balaban J connectivity index is 1.67. The number of hydrogen-bond donors (Lipinski definition) is 1. The van der Waals surface area contributed by atoms with Gasteiger partial charge >= 0.3 is 0 Å². The van der Waals surface area contributed by atoms with E-state index < -0.39 is 45.1 Å². The van der Waals surface area contributed by atoms with Crippen molar-refractivity contribution in [3.05, 3.63) is 42.7 Å². The summed E-state index contributed by atoms with van der Waals surface area (Å²) in [4.78, 5) is 12.4. The summed E-state index contributed by atoms with van der Waals surface area (Å²) in [5.74, 6) is -0.119. The van der Waals surface area contributed by atoms with Crippen molar-refractivity contribution in [2.75, 3.05) is 11.3 Å². The monoisotopic (exact) mass is 637 g/mol. The van der Waals surface area contributed by atoms with E-state index in [9.17, 15) is 8.42 Å². The van der Waals surface area contributed by atoms with Crippen LogP contribution in [-0.4, -0.2) is 63.4 Å². The van der Waals surface area contributed by atoms with Crippen molar-refractivity contribution in [3.8, 4) is 0 Å². The van der Waals surface area contributed by atoms with Gasteiger partial charge < -0.3 is 13.6 Å². The largest absolute Gasteiger partial charge is 0.414 e. The molecule has 1 saturated heterocycles. The summed E-state index contributed by atoms with van der Waals surface area (Å²) in [5, 5.41) is -0.0330. The van der Waals surface area contributed by atoms with Crippen LogP contribution in [-0.2, 0) is 23.6 Å². The van der Waals surface area contributed by atoms with Crippen LogP contribution in [0.3, 0.4) is 0 Å². The van der Waals surface area contributed by atoms with E-state index in [4.69, 9.17) is 13.6 Å². The maximum Gasteiger partial charge on any atom is 0.293 e. The number of anilines is 1. The van der Waals surface area contributed by atoms with Crippen molar-refractivity contribution < 1.29 is 26.4 Å². The van der Waals surface area contributed by atoms with E-state index in [0.717, 1.165) is 0 Å². The molecule has 0 saturated carbocycles. The predicted octanol–water partition coefficient (Wildman–Crippen LogP) is 6.47. The average Bonchev–Trinajstić information content (AvgIpc) is 3.41. The zero-order valence-electron chi connectivity index (χ0n) is 26.2. The summed E-state index contributed by atoms with van der Waals surface area (Å²) in [6.07, 6.45) is -0.878. The molecule has 0 amide bonds.